The molecule has 0 spiro atoms. The molecule has 5 aliphatic heterocycles. The van der Waals surface area contributed by atoms with Crippen molar-refractivity contribution in [1.82, 2.24) is 9.88 Å². The van der Waals surface area contributed by atoms with Gasteiger partial charge < -0.3 is 33.7 Å². The first-order valence-corrected chi connectivity index (χ1v) is 20.9. The van der Waals surface area contributed by atoms with E-state index < -0.39 is 0 Å². The van der Waals surface area contributed by atoms with Crippen LogP contribution in [-0.2, 0) is 0 Å². The number of nitrogens with one attached hydrogen (secondary N) is 2. The Morgan fingerprint density at radius 3 is 1.82 bits per heavy atom. The molecule has 6 aromatic rings. The number of aliphatic imine (C=N–C) groups is 4. The highest BCUT2D eigenvalue weighted by atomic mass is 16.4. The first kappa shape index (κ1) is 36.0. The number of amidine groups is 1. The predicted octanol–water partition coefficient (Wildman–Crippen LogP) is 10.3. The van der Waals surface area contributed by atoms with E-state index in [2.05, 4.69) is 69.0 Å². The lowest BCUT2D eigenvalue weighted by Gasteiger charge is -2.33. The molecule has 13 nitrogen and oxygen atoms in total. The summed E-state index contributed by atoms with van der Waals surface area (Å²) >= 11 is 0. The van der Waals surface area contributed by atoms with E-state index in [4.69, 9.17) is 38.2 Å². The van der Waals surface area contributed by atoms with Crippen LogP contribution in [-0.4, -0.2) is 59.5 Å². The lowest BCUT2D eigenvalue weighted by atomic mass is 10.0. The molecule has 60 heavy (non-hydrogen) atoms. The fraction of sp³-hybridized carbons (Fsp3) is 0.255. The van der Waals surface area contributed by atoms with Crippen LogP contribution >= 0.6 is 0 Å². The molecule has 0 aliphatic carbocycles. The largest absolute Gasteiger partial charge is 0.446 e. The number of guanidine groups is 2. The van der Waals surface area contributed by atoms with Crippen LogP contribution < -0.4 is 20.4 Å². The Labute approximate surface area is 347 Å². The normalized spacial score (nSPS) is 17.7. The quantitative estimate of drug-likeness (QED) is 0.147. The van der Waals surface area contributed by atoms with Gasteiger partial charge in [0.15, 0.2) is 17.4 Å². The number of aryl methyl sites for hydroxylation is 2. The maximum atomic E-state index is 6.21. The fourth-order valence-corrected chi connectivity index (χ4v) is 8.54. The van der Waals surface area contributed by atoms with Crippen LogP contribution in [0.1, 0.15) is 67.1 Å². The maximum Gasteiger partial charge on any atom is 0.266 e. The van der Waals surface area contributed by atoms with Gasteiger partial charge in [-0.05, 0) is 125 Å². The molecule has 2 fully saturated rings. The highest BCUT2D eigenvalue weighted by Crippen LogP contribution is 2.39. The van der Waals surface area contributed by atoms with Crippen LogP contribution in [0.2, 0.25) is 0 Å². The molecule has 0 radical (unpaired) electrons. The van der Waals surface area contributed by atoms with Gasteiger partial charge in [0.2, 0.25) is 17.8 Å². The second-order valence-electron chi connectivity index (χ2n) is 15.8. The van der Waals surface area contributed by atoms with Crippen LogP contribution in [0.25, 0.3) is 16.8 Å². The lowest BCUT2D eigenvalue weighted by Crippen LogP contribution is -2.42. The molecule has 8 heterocycles. The molecule has 0 atom stereocenters. The first-order chi connectivity index (χ1) is 29.5. The number of hydrogen-bond acceptors (Lipinski definition) is 13. The van der Waals surface area contributed by atoms with Crippen molar-refractivity contribution in [3.05, 3.63) is 131 Å². The summed E-state index contributed by atoms with van der Waals surface area (Å²) in [5.74, 6) is 4.37. The number of nitrogens with zero attached hydrogens (tertiary/aromatic N) is 8. The molecule has 3 aromatic heterocycles. The van der Waals surface area contributed by atoms with Gasteiger partial charge in [-0.2, -0.15) is 9.98 Å². The summed E-state index contributed by atoms with van der Waals surface area (Å²) in [5, 5.41) is 7.16. The number of allylic oxidation sites excluding steroid dienone is 2. The summed E-state index contributed by atoms with van der Waals surface area (Å²) in [6.45, 7) is 8.00. The summed E-state index contributed by atoms with van der Waals surface area (Å²) in [6, 6.07) is 28.5. The molecule has 13 heteroatoms. The van der Waals surface area contributed by atoms with Gasteiger partial charge in [-0.25, -0.2) is 19.9 Å². The minimum Gasteiger partial charge on any atom is -0.446 e. The van der Waals surface area contributed by atoms with Gasteiger partial charge in [0.25, 0.3) is 5.89 Å². The van der Waals surface area contributed by atoms with E-state index in [1.54, 1.807) is 0 Å². The second-order valence-corrected chi connectivity index (χ2v) is 15.8. The number of rotatable bonds is 9. The summed E-state index contributed by atoms with van der Waals surface area (Å²) in [4.78, 5) is 32.0. The van der Waals surface area contributed by atoms with Gasteiger partial charge in [0, 0.05) is 60.8 Å². The number of furan rings is 2. The highest BCUT2D eigenvalue weighted by Gasteiger charge is 2.35. The van der Waals surface area contributed by atoms with Crippen molar-refractivity contribution in [2.45, 2.75) is 52.4 Å². The van der Waals surface area contributed by atoms with Crippen molar-refractivity contribution in [3.63, 3.8) is 0 Å². The Morgan fingerprint density at radius 1 is 0.567 bits per heavy atom. The number of piperidine rings is 2. The molecule has 0 bridgehead atoms. The molecule has 0 saturated carbocycles. The van der Waals surface area contributed by atoms with Crippen LogP contribution in [0.3, 0.4) is 0 Å². The highest BCUT2D eigenvalue weighted by molar-refractivity contribution is 6.26. The Morgan fingerprint density at radius 2 is 1.18 bits per heavy atom. The van der Waals surface area contributed by atoms with Gasteiger partial charge >= 0.3 is 0 Å². The SMILES string of the molecule is Cc1ccc(Nc2cc(N3CCCCC3)ccc2C2=CC3=CC(c4ccc(N5CCCCC5)cc4Nc4ccc(C)o4)=NC4=NC(c5nc6ccccc6o5)=NC(=N2)N34)o1. The molecule has 300 valence electrons. The second kappa shape index (κ2) is 14.9. The monoisotopic (exact) mass is 796 g/mol. The molecule has 0 unspecified atom stereocenters. The topological polar surface area (TPSA) is 136 Å². The Kier molecular flexibility index (Phi) is 8.93. The van der Waals surface area contributed by atoms with E-state index in [1.165, 1.54) is 38.5 Å². The maximum absolute atomic E-state index is 6.21. The number of benzene rings is 3. The standard InChI is InChI=1S/C47H44N10O3/c1-29-13-19-42(58-29)48-37-25-31(55-21-7-3-8-22-55)15-17-34(37)39-27-33-28-40(35-18-16-32(56-23-9-4-10-24-56)26-38(35)49-43-20-14-30(2)59-43)52-47-54-44(53-46(51-39)57(33)47)45-50-36-11-5-6-12-41(36)60-45/h5-6,11-20,25-28,48-49H,3-4,7-10,21-24H2,1-2H3. The van der Waals surface area contributed by atoms with E-state index in [0.717, 1.165) is 88.7 Å². The number of oxazole rings is 1. The van der Waals surface area contributed by atoms with Crippen molar-refractivity contribution < 1.29 is 13.3 Å². The van der Waals surface area contributed by atoms with Gasteiger partial charge in [-0.1, -0.05) is 12.1 Å². The smallest absolute Gasteiger partial charge is 0.266 e. The summed E-state index contributed by atoms with van der Waals surface area (Å²) in [5.41, 5.74) is 9.48. The van der Waals surface area contributed by atoms with Gasteiger partial charge in [0.05, 0.1) is 28.5 Å². The fourth-order valence-electron chi connectivity index (χ4n) is 8.54. The van der Waals surface area contributed by atoms with E-state index in [-0.39, 0.29) is 11.7 Å². The van der Waals surface area contributed by atoms with Crippen LogP contribution in [0.5, 0.6) is 0 Å². The van der Waals surface area contributed by atoms with Crippen LogP contribution in [0.15, 0.2) is 136 Å². The Balaban J connectivity index is 1.06. The Hall–Kier alpha value is -7.15. The van der Waals surface area contributed by atoms with Crippen molar-refractivity contribution in [1.29, 1.82) is 0 Å². The van der Waals surface area contributed by atoms with Crippen molar-refractivity contribution in [2.75, 3.05) is 46.6 Å². The molecule has 11 rings (SSSR count). The predicted molar refractivity (Wildman–Crippen MR) is 238 cm³/mol. The lowest BCUT2D eigenvalue weighted by molar-refractivity contribution is 0.550. The average molecular weight is 797 g/mol. The molecule has 3 aromatic carbocycles. The number of para-hydroxylation sites is 2. The van der Waals surface area contributed by atoms with Crippen molar-refractivity contribution in [3.8, 4) is 0 Å². The zero-order valence-corrected chi connectivity index (χ0v) is 33.6. The summed E-state index contributed by atoms with van der Waals surface area (Å²) in [7, 11) is 0. The number of fused-ring (bicyclic) bond motifs is 1. The van der Waals surface area contributed by atoms with E-state index in [0.29, 0.717) is 34.8 Å². The number of aromatic nitrogens is 1. The van der Waals surface area contributed by atoms with Gasteiger partial charge in [-0.15, -0.1) is 0 Å². The van der Waals surface area contributed by atoms with Crippen LogP contribution in [0.4, 0.5) is 34.5 Å². The summed E-state index contributed by atoms with van der Waals surface area (Å²) in [6.07, 6.45) is 11.4. The van der Waals surface area contributed by atoms with Gasteiger partial charge in [-0.3, -0.25) is 0 Å². The van der Waals surface area contributed by atoms with E-state index >= 15 is 0 Å². The van der Waals surface area contributed by atoms with Crippen molar-refractivity contribution in [2.24, 2.45) is 20.0 Å². The molecular weight excluding hydrogens is 753 g/mol. The molecule has 2 N–H and O–H groups in total. The zero-order chi connectivity index (χ0) is 40.2. The third-order valence-corrected chi connectivity index (χ3v) is 11.6. The number of anilines is 6. The van der Waals surface area contributed by atoms with Gasteiger partial charge in [0.1, 0.15) is 17.0 Å². The van der Waals surface area contributed by atoms with Crippen LogP contribution in [0, 0.1) is 13.8 Å². The third-order valence-electron chi connectivity index (χ3n) is 11.6. The summed E-state index contributed by atoms with van der Waals surface area (Å²) < 4.78 is 18.3. The number of hydrogen-bond donors (Lipinski definition) is 2. The molecule has 2 saturated heterocycles. The molecular formula is C47H44N10O3. The molecule has 0 amide bonds. The Bertz CT molecular complexity index is 2700. The first-order valence-electron chi connectivity index (χ1n) is 20.9. The average Bonchev–Trinajstić information content (AvgIpc) is 4.03. The third kappa shape index (κ3) is 6.85. The van der Waals surface area contributed by atoms with Crippen molar-refractivity contribution >= 4 is 74.8 Å². The zero-order valence-electron chi connectivity index (χ0n) is 33.6. The van der Waals surface area contributed by atoms with E-state index in [9.17, 15) is 0 Å². The minimum atomic E-state index is 0.288. The molecule has 5 aliphatic rings. The minimum absolute atomic E-state index is 0.288. The van der Waals surface area contributed by atoms with E-state index in [1.807, 2.05) is 67.3 Å².